The Labute approximate surface area is 192 Å². The summed E-state index contributed by atoms with van der Waals surface area (Å²) in [6.07, 6.45) is 0. The summed E-state index contributed by atoms with van der Waals surface area (Å²) in [5.74, 6) is 0.0505. The zero-order valence-electron chi connectivity index (χ0n) is 18.8. The second kappa shape index (κ2) is 8.13. The number of hydrogen-bond donors (Lipinski definition) is 2. The number of nitrogens with zero attached hydrogens (tertiary/aromatic N) is 1. The van der Waals surface area contributed by atoms with E-state index in [1.165, 1.54) is 16.0 Å². The van der Waals surface area contributed by atoms with Crippen LogP contribution in [0.25, 0.3) is 22.0 Å². The zero-order valence-corrected chi connectivity index (χ0v) is 18.8. The Morgan fingerprint density at radius 1 is 1.03 bits per heavy atom. The summed E-state index contributed by atoms with van der Waals surface area (Å²) in [6.45, 7) is 4.24. The number of fused-ring (bicyclic) bond motifs is 2. The number of carbonyl (C=O) groups is 2. The van der Waals surface area contributed by atoms with E-state index in [1.807, 2.05) is 48.5 Å². The Hall–Kier alpha value is -4.06. The molecule has 0 bridgehead atoms. The van der Waals surface area contributed by atoms with E-state index in [9.17, 15) is 9.59 Å². The molecule has 1 aliphatic heterocycles. The first-order valence-corrected chi connectivity index (χ1v) is 10.9. The van der Waals surface area contributed by atoms with Crippen molar-refractivity contribution in [1.82, 2.24) is 10.3 Å². The van der Waals surface area contributed by atoms with Gasteiger partial charge in [0.25, 0.3) is 11.8 Å². The molecule has 166 valence electrons. The van der Waals surface area contributed by atoms with Crippen molar-refractivity contribution in [3.05, 3.63) is 83.6 Å². The van der Waals surface area contributed by atoms with Crippen LogP contribution >= 0.6 is 0 Å². The lowest BCUT2D eigenvalue weighted by molar-refractivity contribution is -0.120. The third-order valence-corrected chi connectivity index (χ3v) is 6.22. The highest BCUT2D eigenvalue weighted by Crippen LogP contribution is 2.33. The van der Waals surface area contributed by atoms with Gasteiger partial charge in [0.2, 0.25) is 0 Å². The molecule has 6 nitrogen and oxygen atoms in total. The van der Waals surface area contributed by atoms with Crippen molar-refractivity contribution in [2.45, 2.75) is 19.9 Å². The average molecular weight is 440 g/mol. The highest BCUT2D eigenvalue weighted by Gasteiger charge is 2.31. The van der Waals surface area contributed by atoms with Crippen molar-refractivity contribution in [2.24, 2.45) is 0 Å². The van der Waals surface area contributed by atoms with E-state index in [4.69, 9.17) is 4.74 Å². The monoisotopic (exact) mass is 439 g/mol. The summed E-state index contributed by atoms with van der Waals surface area (Å²) in [6, 6.07) is 20.6. The largest absolute Gasteiger partial charge is 0.489 e. The fraction of sp³-hybridized carbons (Fsp3) is 0.185. The van der Waals surface area contributed by atoms with Crippen LogP contribution in [-0.2, 0) is 4.79 Å². The smallest absolute Gasteiger partial charge is 0.268 e. The van der Waals surface area contributed by atoms with Crippen LogP contribution in [0.1, 0.15) is 21.6 Å². The molecule has 2 N–H and O–H groups in total. The molecule has 33 heavy (non-hydrogen) atoms. The van der Waals surface area contributed by atoms with E-state index in [-0.39, 0.29) is 18.4 Å². The highest BCUT2D eigenvalue weighted by atomic mass is 16.5. The molecule has 6 heteroatoms. The minimum Gasteiger partial charge on any atom is -0.489 e. The van der Waals surface area contributed by atoms with Crippen LogP contribution in [0.2, 0.25) is 0 Å². The molecule has 0 fully saturated rings. The first kappa shape index (κ1) is 20.8. The number of aromatic nitrogens is 1. The topological polar surface area (TPSA) is 74.4 Å². The molecule has 2 heterocycles. The van der Waals surface area contributed by atoms with Crippen LogP contribution in [-0.4, -0.2) is 36.5 Å². The van der Waals surface area contributed by atoms with Gasteiger partial charge in [0, 0.05) is 18.0 Å². The molecule has 1 aliphatic rings. The molecule has 3 aromatic carbocycles. The zero-order chi connectivity index (χ0) is 23.1. The second-order valence-corrected chi connectivity index (χ2v) is 8.42. The predicted molar refractivity (Wildman–Crippen MR) is 130 cm³/mol. The van der Waals surface area contributed by atoms with Gasteiger partial charge in [-0.3, -0.25) is 9.59 Å². The lowest BCUT2D eigenvalue weighted by Gasteiger charge is -2.20. The summed E-state index contributed by atoms with van der Waals surface area (Å²) in [5, 5.41) is 3.78. The number of H-pyrrole nitrogens is 1. The van der Waals surface area contributed by atoms with Crippen LogP contribution in [0.4, 0.5) is 5.69 Å². The third-order valence-electron chi connectivity index (χ3n) is 6.22. The van der Waals surface area contributed by atoms with Gasteiger partial charge in [0.15, 0.2) is 0 Å². The number of aromatic amines is 1. The summed E-state index contributed by atoms with van der Waals surface area (Å²) in [5.41, 5.74) is 6.53. The van der Waals surface area contributed by atoms with Gasteiger partial charge in [-0.15, -0.1) is 0 Å². The second-order valence-electron chi connectivity index (χ2n) is 8.42. The SMILES string of the molecule is Cc1cccc(C)c1-c1cccc2cc(C(=O)N[C@H]3COc4ccccc4N(C)C3=O)[nH]c12. The first-order chi connectivity index (χ1) is 15.9. The number of carbonyl (C=O) groups excluding carboxylic acids is 2. The van der Waals surface area contributed by atoms with Gasteiger partial charge in [-0.2, -0.15) is 0 Å². The minimum absolute atomic E-state index is 0.0693. The summed E-state index contributed by atoms with van der Waals surface area (Å²) >= 11 is 0. The lowest BCUT2D eigenvalue weighted by Crippen LogP contribution is -2.49. The Balaban J connectivity index is 1.45. The van der Waals surface area contributed by atoms with Gasteiger partial charge in [-0.05, 0) is 48.7 Å². The molecule has 0 radical (unpaired) electrons. The number of ether oxygens (including phenoxy) is 1. The first-order valence-electron chi connectivity index (χ1n) is 10.9. The Morgan fingerprint density at radius 3 is 2.55 bits per heavy atom. The molecule has 0 saturated heterocycles. The molecule has 0 aliphatic carbocycles. The van der Waals surface area contributed by atoms with Crippen molar-refractivity contribution in [3.63, 3.8) is 0 Å². The number of nitrogens with one attached hydrogen (secondary N) is 2. The number of hydrogen-bond acceptors (Lipinski definition) is 3. The predicted octanol–water partition coefficient (Wildman–Crippen LogP) is 4.61. The highest BCUT2D eigenvalue weighted by molar-refractivity contribution is 6.06. The maximum atomic E-state index is 13.1. The lowest BCUT2D eigenvalue weighted by atomic mass is 9.94. The van der Waals surface area contributed by atoms with Crippen molar-refractivity contribution in [2.75, 3.05) is 18.6 Å². The molecule has 1 aromatic heterocycles. The van der Waals surface area contributed by atoms with Crippen LogP contribution in [0, 0.1) is 13.8 Å². The maximum absolute atomic E-state index is 13.1. The summed E-state index contributed by atoms with van der Waals surface area (Å²) in [7, 11) is 1.69. The molecule has 5 rings (SSSR count). The molecular weight excluding hydrogens is 414 g/mol. The number of benzene rings is 3. The molecular formula is C27H25N3O3. The van der Waals surface area contributed by atoms with Crippen LogP contribution < -0.4 is 15.0 Å². The standard InChI is InChI=1S/C27H25N3O3/c1-16-8-6-9-17(2)24(16)19-11-7-10-18-14-20(28-25(18)19)26(31)29-21-15-33-23-13-5-4-12-22(23)30(3)27(21)32/h4-14,21,28H,15H2,1-3H3,(H,29,31)/t21-/m0/s1. The minimum atomic E-state index is -0.792. The quantitative estimate of drug-likeness (QED) is 0.490. The van der Waals surface area contributed by atoms with E-state index in [0.717, 1.165) is 22.0 Å². The van der Waals surface area contributed by atoms with Gasteiger partial charge in [-0.1, -0.05) is 48.5 Å². The van der Waals surface area contributed by atoms with Gasteiger partial charge < -0.3 is 19.9 Å². The van der Waals surface area contributed by atoms with Crippen LogP contribution in [0.3, 0.4) is 0 Å². The van der Waals surface area contributed by atoms with Gasteiger partial charge >= 0.3 is 0 Å². The van der Waals surface area contributed by atoms with E-state index in [1.54, 1.807) is 7.05 Å². The molecule has 2 amide bonds. The van der Waals surface area contributed by atoms with E-state index in [2.05, 4.69) is 42.3 Å². The Morgan fingerprint density at radius 2 is 1.76 bits per heavy atom. The number of rotatable bonds is 3. The van der Waals surface area contributed by atoms with Gasteiger partial charge in [0.05, 0.1) is 11.2 Å². The van der Waals surface area contributed by atoms with Crippen molar-refractivity contribution in [3.8, 4) is 16.9 Å². The molecule has 0 saturated carbocycles. The van der Waals surface area contributed by atoms with Crippen molar-refractivity contribution < 1.29 is 14.3 Å². The number of likely N-dealkylation sites (N-methyl/N-ethyl adjacent to an activating group) is 1. The molecule has 0 spiro atoms. The average Bonchev–Trinajstić information content (AvgIpc) is 3.22. The molecule has 4 aromatic rings. The van der Waals surface area contributed by atoms with E-state index < -0.39 is 6.04 Å². The fourth-order valence-electron chi connectivity index (χ4n) is 4.52. The Kier molecular flexibility index (Phi) is 5.13. The number of aryl methyl sites for hydroxylation is 2. The Bertz CT molecular complexity index is 1370. The third kappa shape index (κ3) is 3.63. The van der Waals surface area contributed by atoms with Gasteiger partial charge in [0.1, 0.15) is 24.1 Å². The molecule has 0 unspecified atom stereocenters. The maximum Gasteiger partial charge on any atom is 0.268 e. The van der Waals surface area contributed by atoms with Crippen LogP contribution in [0.5, 0.6) is 5.75 Å². The summed E-state index contributed by atoms with van der Waals surface area (Å²) < 4.78 is 5.81. The number of amides is 2. The molecule has 1 atom stereocenters. The number of para-hydroxylation sites is 3. The van der Waals surface area contributed by atoms with Gasteiger partial charge in [-0.25, -0.2) is 0 Å². The van der Waals surface area contributed by atoms with Crippen LogP contribution in [0.15, 0.2) is 66.7 Å². The summed E-state index contributed by atoms with van der Waals surface area (Å²) in [4.78, 5) is 30.9. The van der Waals surface area contributed by atoms with Crippen molar-refractivity contribution >= 4 is 28.4 Å². The number of anilines is 1. The van der Waals surface area contributed by atoms with E-state index >= 15 is 0 Å². The normalized spacial score (nSPS) is 15.7. The van der Waals surface area contributed by atoms with Crippen molar-refractivity contribution in [1.29, 1.82) is 0 Å². The fourth-order valence-corrected chi connectivity index (χ4v) is 4.52. The van der Waals surface area contributed by atoms with E-state index in [0.29, 0.717) is 17.1 Å².